The number of amides is 1. The van der Waals surface area contributed by atoms with E-state index in [0.29, 0.717) is 50.9 Å². The number of nitrogens with zero attached hydrogens (tertiary/aromatic N) is 6. The zero-order chi connectivity index (χ0) is 26.6. The van der Waals surface area contributed by atoms with Gasteiger partial charge in [-0.2, -0.15) is 5.10 Å². The Labute approximate surface area is 222 Å². The summed E-state index contributed by atoms with van der Waals surface area (Å²) < 4.78 is 7.48. The van der Waals surface area contributed by atoms with Crippen molar-refractivity contribution in [2.75, 3.05) is 24.8 Å². The van der Waals surface area contributed by atoms with Crippen molar-refractivity contribution in [3.8, 4) is 22.7 Å². The van der Waals surface area contributed by atoms with E-state index >= 15 is 0 Å². The van der Waals surface area contributed by atoms with Gasteiger partial charge in [-0.25, -0.2) is 19.6 Å². The van der Waals surface area contributed by atoms with Crippen molar-refractivity contribution >= 4 is 40.0 Å². The standard InChI is InChI=1S/C27H23ClN8O2/c1-35-19-6-4-3-5-16(19)13-27(35,26(30)37)18-8-7-15(11-20(18)38-2)23-22-24(29)32-14-33-25(22)36(34-23)17-9-10-31-21(28)12-17/h3-12,14H,13H2,1-2H3,(H2,30,37)(H2,29,32,33). The lowest BCUT2D eigenvalue weighted by Gasteiger charge is -2.36. The summed E-state index contributed by atoms with van der Waals surface area (Å²) in [5.41, 5.74) is 16.3. The number of ether oxygens (including phenoxy) is 1. The van der Waals surface area contributed by atoms with E-state index < -0.39 is 11.4 Å². The first-order valence-electron chi connectivity index (χ1n) is 11.8. The number of aromatic nitrogens is 5. The van der Waals surface area contributed by atoms with Crippen molar-refractivity contribution in [3.05, 3.63) is 83.4 Å². The molecule has 4 heterocycles. The molecule has 0 saturated heterocycles. The van der Waals surface area contributed by atoms with Crippen LogP contribution in [-0.4, -0.2) is 44.8 Å². The van der Waals surface area contributed by atoms with Gasteiger partial charge in [0.2, 0.25) is 5.91 Å². The molecule has 1 aliphatic heterocycles. The highest BCUT2D eigenvalue weighted by atomic mass is 35.5. The molecule has 6 rings (SSSR count). The fraction of sp³-hybridized carbons (Fsp3) is 0.148. The maximum Gasteiger partial charge on any atom is 0.248 e. The third-order valence-electron chi connectivity index (χ3n) is 7.15. The number of carbonyl (C=O) groups excluding carboxylic acids is 1. The van der Waals surface area contributed by atoms with Gasteiger partial charge in [0.15, 0.2) is 11.2 Å². The Kier molecular flexibility index (Phi) is 5.42. The van der Waals surface area contributed by atoms with Gasteiger partial charge in [-0.3, -0.25) is 4.79 Å². The Balaban J connectivity index is 1.54. The van der Waals surface area contributed by atoms with Gasteiger partial charge in [0.25, 0.3) is 0 Å². The SMILES string of the molecule is COc1cc(-c2nn(-c3ccnc(Cl)c3)c3ncnc(N)c23)ccc1C1(C(N)=O)Cc2ccccc2N1C. The summed E-state index contributed by atoms with van der Waals surface area (Å²) in [5.74, 6) is 0.300. The van der Waals surface area contributed by atoms with Gasteiger partial charge in [0, 0.05) is 42.5 Å². The second-order valence-electron chi connectivity index (χ2n) is 9.06. The molecule has 5 aromatic rings. The molecule has 0 aliphatic carbocycles. The van der Waals surface area contributed by atoms with E-state index in [4.69, 9.17) is 32.9 Å². The number of halogens is 1. The molecule has 0 radical (unpaired) electrons. The molecule has 1 aliphatic rings. The zero-order valence-corrected chi connectivity index (χ0v) is 21.3. The fourth-order valence-corrected chi connectivity index (χ4v) is 5.48. The van der Waals surface area contributed by atoms with Crippen LogP contribution in [0.5, 0.6) is 5.75 Å². The first-order chi connectivity index (χ1) is 18.3. The number of rotatable bonds is 5. The molecule has 1 unspecified atom stereocenters. The van der Waals surface area contributed by atoms with Crippen molar-refractivity contribution in [1.82, 2.24) is 24.7 Å². The minimum Gasteiger partial charge on any atom is -0.496 e. The van der Waals surface area contributed by atoms with Gasteiger partial charge >= 0.3 is 0 Å². The zero-order valence-electron chi connectivity index (χ0n) is 20.6. The number of methoxy groups -OCH3 is 1. The van der Waals surface area contributed by atoms with Crippen molar-refractivity contribution in [3.63, 3.8) is 0 Å². The summed E-state index contributed by atoms with van der Waals surface area (Å²) in [5, 5.41) is 5.72. The largest absolute Gasteiger partial charge is 0.496 e. The molecule has 4 N–H and O–H groups in total. The molecule has 3 aromatic heterocycles. The van der Waals surface area contributed by atoms with E-state index in [9.17, 15) is 4.79 Å². The summed E-state index contributed by atoms with van der Waals surface area (Å²) in [7, 11) is 3.43. The monoisotopic (exact) mass is 526 g/mol. The fourth-order valence-electron chi connectivity index (χ4n) is 5.31. The number of hydrogen-bond donors (Lipinski definition) is 2. The molecule has 38 heavy (non-hydrogen) atoms. The van der Waals surface area contributed by atoms with Gasteiger partial charge in [0.05, 0.1) is 18.2 Å². The van der Waals surface area contributed by atoms with E-state index in [0.717, 1.165) is 11.3 Å². The number of nitrogen functional groups attached to an aromatic ring is 1. The highest BCUT2D eigenvalue weighted by Gasteiger charge is 2.50. The number of pyridine rings is 1. The van der Waals surface area contributed by atoms with Gasteiger partial charge in [0.1, 0.15) is 28.7 Å². The van der Waals surface area contributed by atoms with E-state index in [-0.39, 0.29) is 5.82 Å². The second kappa shape index (κ2) is 8.70. The van der Waals surface area contributed by atoms with Crippen molar-refractivity contribution < 1.29 is 9.53 Å². The molecular formula is C27H23ClN8O2. The number of para-hydroxylation sites is 1. The maximum absolute atomic E-state index is 13.1. The summed E-state index contributed by atoms with van der Waals surface area (Å²) in [6, 6.07) is 16.9. The van der Waals surface area contributed by atoms with Gasteiger partial charge in [-0.05, 0) is 23.8 Å². The van der Waals surface area contributed by atoms with Crippen LogP contribution in [0.4, 0.5) is 11.5 Å². The van der Waals surface area contributed by atoms with Gasteiger partial charge in [-0.1, -0.05) is 41.9 Å². The topological polar surface area (TPSA) is 138 Å². The van der Waals surface area contributed by atoms with Crippen LogP contribution in [0.2, 0.25) is 5.15 Å². The van der Waals surface area contributed by atoms with Crippen LogP contribution in [0.15, 0.2) is 67.1 Å². The molecule has 11 heteroatoms. The first-order valence-corrected chi connectivity index (χ1v) is 12.1. The molecule has 0 bridgehead atoms. The number of primary amides is 1. The quantitative estimate of drug-likeness (QED) is 0.332. The average Bonchev–Trinajstić information content (AvgIpc) is 3.46. The van der Waals surface area contributed by atoms with E-state index in [1.807, 2.05) is 54.4 Å². The molecular weight excluding hydrogens is 504 g/mol. The summed E-state index contributed by atoms with van der Waals surface area (Å²) in [6.45, 7) is 0. The summed E-state index contributed by atoms with van der Waals surface area (Å²) >= 11 is 6.14. The Morgan fingerprint density at radius 3 is 2.66 bits per heavy atom. The normalized spacial score (nSPS) is 16.6. The summed E-state index contributed by atoms with van der Waals surface area (Å²) in [6.07, 6.45) is 3.40. The lowest BCUT2D eigenvalue weighted by Crippen LogP contribution is -2.52. The Morgan fingerprint density at radius 1 is 1.11 bits per heavy atom. The van der Waals surface area contributed by atoms with Gasteiger partial charge < -0.3 is 21.1 Å². The Hall–Kier alpha value is -4.70. The van der Waals surface area contributed by atoms with Gasteiger partial charge in [-0.15, -0.1) is 0 Å². The van der Waals surface area contributed by atoms with Crippen molar-refractivity contribution in [1.29, 1.82) is 0 Å². The third-order valence-corrected chi connectivity index (χ3v) is 7.36. The number of likely N-dealkylation sites (N-methyl/N-ethyl adjacent to an activating group) is 1. The molecule has 2 aromatic carbocycles. The van der Waals surface area contributed by atoms with Crippen LogP contribution < -0.4 is 21.1 Å². The van der Waals surface area contributed by atoms with Crippen LogP contribution in [0.1, 0.15) is 11.1 Å². The second-order valence-corrected chi connectivity index (χ2v) is 9.45. The van der Waals surface area contributed by atoms with Crippen LogP contribution in [-0.2, 0) is 16.8 Å². The van der Waals surface area contributed by atoms with Crippen molar-refractivity contribution in [2.24, 2.45) is 5.73 Å². The smallest absolute Gasteiger partial charge is 0.248 e. The molecule has 0 saturated carbocycles. The number of fused-ring (bicyclic) bond motifs is 2. The molecule has 0 spiro atoms. The van der Waals surface area contributed by atoms with E-state index in [1.165, 1.54) is 6.33 Å². The maximum atomic E-state index is 13.1. The molecule has 0 fully saturated rings. The molecule has 10 nitrogen and oxygen atoms in total. The highest BCUT2D eigenvalue weighted by molar-refractivity contribution is 6.29. The predicted molar refractivity (Wildman–Crippen MR) is 145 cm³/mol. The number of hydrogen-bond acceptors (Lipinski definition) is 8. The predicted octanol–water partition coefficient (Wildman–Crippen LogP) is 3.49. The number of carbonyl (C=O) groups is 1. The Bertz CT molecular complexity index is 1740. The summed E-state index contributed by atoms with van der Waals surface area (Å²) in [4.78, 5) is 27.7. The number of benzene rings is 2. The third kappa shape index (κ3) is 3.37. The lowest BCUT2D eigenvalue weighted by atomic mass is 9.84. The lowest BCUT2D eigenvalue weighted by molar-refractivity contribution is -0.123. The number of anilines is 2. The highest BCUT2D eigenvalue weighted by Crippen LogP contribution is 2.47. The molecule has 1 atom stereocenters. The van der Waals surface area contributed by atoms with E-state index in [1.54, 1.807) is 30.1 Å². The van der Waals surface area contributed by atoms with Crippen LogP contribution in [0.25, 0.3) is 28.0 Å². The van der Waals surface area contributed by atoms with Crippen LogP contribution in [0, 0.1) is 0 Å². The minimum atomic E-state index is -1.12. The Morgan fingerprint density at radius 2 is 1.92 bits per heavy atom. The minimum absolute atomic E-state index is 0.277. The molecule has 1 amide bonds. The van der Waals surface area contributed by atoms with Crippen molar-refractivity contribution in [2.45, 2.75) is 12.0 Å². The van der Waals surface area contributed by atoms with E-state index in [2.05, 4.69) is 15.0 Å². The average molecular weight is 527 g/mol. The van der Waals surface area contributed by atoms with Crippen LogP contribution >= 0.6 is 11.6 Å². The van der Waals surface area contributed by atoms with Crippen LogP contribution in [0.3, 0.4) is 0 Å². The number of nitrogens with two attached hydrogens (primary N) is 2. The first kappa shape index (κ1) is 23.7. The molecule has 190 valence electrons.